The molecule has 0 amide bonds. The van der Waals surface area contributed by atoms with Gasteiger partial charge in [0.1, 0.15) is 0 Å². The summed E-state index contributed by atoms with van der Waals surface area (Å²) in [4.78, 5) is 1.42. The van der Waals surface area contributed by atoms with E-state index in [2.05, 4.69) is 46.2 Å². The second-order valence-electron chi connectivity index (χ2n) is 3.21. The maximum Gasteiger partial charge on any atom is 0.0285 e. The molecule has 1 aromatic rings. The lowest BCUT2D eigenvalue weighted by Crippen LogP contribution is -2.30. The quantitative estimate of drug-likeness (QED) is 0.781. The molecule has 1 unspecified atom stereocenters. The summed E-state index contributed by atoms with van der Waals surface area (Å²) in [5.74, 6) is 0. The minimum atomic E-state index is 0.531. The molecule has 3 heteroatoms. The largest absolute Gasteiger partial charge is 0.314 e. The van der Waals surface area contributed by atoms with Gasteiger partial charge in [-0.1, -0.05) is 13.0 Å². The summed E-state index contributed by atoms with van der Waals surface area (Å²) in [5.41, 5.74) is 0. The number of nitrogens with one attached hydrogen (secondary N) is 1. The van der Waals surface area contributed by atoms with Gasteiger partial charge in [0.15, 0.2) is 0 Å². The van der Waals surface area contributed by atoms with Crippen LogP contribution in [0.3, 0.4) is 0 Å². The summed E-state index contributed by atoms with van der Waals surface area (Å²) < 4.78 is 1.19. The molecule has 0 saturated carbocycles. The summed E-state index contributed by atoms with van der Waals surface area (Å²) in [6.45, 7) is 6.94. The van der Waals surface area contributed by atoms with Crippen LogP contribution >= 0.6 is 27.3 Å². The molecule has 1 aromatic heterocycles. The summed E-state index contributed by atoms with van der Waals surface area (Å²) in [7, 11) is 0. The average Bonchev–Trinajstić information content (AvgIpc) is 2.52. The lowest BCUT2D eigenvalue weighted by molar-refractivity contribution is 0.533. The Morgan fingerprint density at radius 3 is 3.00 bits per heavy atom. The van der Waals surface area contributed by atoms with E-state index in [0.29, 0.717) is 6.04 Å². The summed E-state index contributed by atoms with van der Waals surface area (Å²) in [6.07, 6.45) is 4.11. The number of rotatable bonds is 6. The summed E-state index contributed by atoms with van der Waals surface area (Å²) in [6, 6.07) is 2.72. The van der Waals surface area contributed by atoms with Crippen LogP contribution in [0.5, 0.6) is 0 Å². The Morgan fingerprint density at radius 2 is 2.50 bits per heavy atom. The third-order valence-corrected chi connectivity index (χ3v) is 3.73. The van der Waals surface area contributed by atoms with E-state index >= 15 is 0 Å². The SMILES string of the molecule is C=CCC(Cc1cc(Br)cs1)NCC. The van der Waals surface area contributed by atoms with Gasteiger partial charge in [-0.2, -0.15) is 0 Å². The highest BCUT2D eigenvalue weighted by atomic mass is 79.9. The predicted molar refractivity (Wildman–Crippen MR) is 68.0 cm³/mol. The van der Waals surface area contributed by atoms with Crippen molar-refractivity contribution in [2.75, 3.05) is 6.54 Å². The van der Waals surface area contributed by atoms with Crippen LogP contribution in [0.15, 0.2) is 28.6 Å². The van der Waals surface area contributed by atoms with Crippen molar-refractivity contribution < 1.29 is 0 Å². The zero-order valence-electron chi connectivity index (χ0n) is 8.42. The monoisotopic (exact) mass is 273 g/mol. The van der Waals surface area contributed by atoms with Crippen LogP contribution in [0.4, 0.5) is 0 Å². The van der Waals surface area contributed by atoms with Gasteiger partial charge in [-0.15, -0.1) is 17.9 Å². The highest BCUT2D eigenvalue weighted by Gasteiger charge is 2.07. The molecule has 0 fully saturated rings. The summed E-state index contributed by atoms with van der Waals surface area (Å²) in [5, 5.41) is 5.59. The second-order valence-corrected chi connectivity index (χ2v) is 5.13. The van der Waals surface area contributed by atoms with E-state index in [1.165, 1.54) is 9.35 Å². The van der Waals surface area contributed by atoms with Gasteiger partial charge in [0.05, 0.1) is 0 Å². The Kier molecular flexibility index (Phi) is 5.45. The second kappa shape index (κ2) is 6.38. The first-order valence-corrected chi connectivity index (χ1v) is 6.50. The van der Waals surface area contributed by atoms with Gasteiger partial charge in [0.2, 0.25) is 0 Å². The van der Waals surface area contributed by atoms with E-state index < -0.39 is 0 Å². The fraction of sp³-hybridized carbons (Fsp3) is 0.455. The Balaban J connectivity index is 2.49. The van der Waals surface area contributed by atoms with E-state index in [-0.39, 0.29) is 0 Å². The molecule has 14 heavy (non-hydrogen) atoms. The Morgan fingerprint density at radius 1 is 1.71 bits per heavy atom. The van der Waals surface area contributed by atoms with E-state index in [4.69, 9.17) is 0 Å². The van der Waals surface area contributed by atoms with Gasteiger partial charge in [-0.25, -0.2) is 0 Å². The normalized spacial score (nSPS) is 12.7. The number of hydrogen-bond donors (Lipinski definition) is 1. The highest BCUT2D eigenvalue weighted by Crippen LogP contribution is 2.21. The van der Waals surface area contributed by atoms with E-state index in [1.54, 1.807) is 0 Å². The zero-order valence-corrected chi connectivity index (χ0v) is 10.8. The lowest BCUT2D eigenvalue weighted by Gasteiger charge is -2.14. The Bertz CT molecular complexity index is 283. The van der Waals surface area contributed by atoms with Gasteiger partial charge >= 0.3 is 0 Å². The van der Waals surface area contributed by atoms with Crippen molar-refractivity contribution in [3.63, 3.8) is 0 Å². The van der Waals surface area contributed by atoms with Crippen LogP contribution < -0.4 is 5.32 Å². The molecule has 0 aliphatic carbocycles. The van der Waals surface area contributed by atoms with E-state index in [0.717, 1.165) is 19.4 Å². The van der Waals surface area contributed by atoms with Crippen LogP contribution in [-0.2, 0) is 6.42 Å². The van der Waals surface area contributed by atoms with Gasteiger partial charge < -0.3 is 5.32 Å². The maximum atomic E-state index is 3.78. The highest BCUT2D eigenvalue weighted by molar-refractivity contribution is 9.10. The number of likely N-dealkylation sites (N-methyl/N-ethyl adjacent to an activating group) is 1. The minimum absolute atomic E-state index is 0.531. The fourth-order valence-corrected chi connectivity index (χ4v) is 2.97. The van der Waals surface area contributed by atoms with Gasteiger partial charge in [-0.05, 0) is 41.4 Å². The molecular formula is C11H16BrNS. The first-order valence-electron chi connectivity index (χ1n) is 4.83. The van der Waals surface area contributed by atoms with Crippen molar-refractivity contribution in [1.82, 2.24) is 5.32 Å². The Hall–Kier alpha value is -0.120. The van der Waals surface area contributed by atoms with Crippen molar-refractivity contribution in [1.29, 1.82) is 0 Å². The van der Waals surface area contributed by atoms with Crippen LogP contribution in [0.2, 0.25) is 0 Å². The van der Waals surface area contributed by atoms with Crippen LogP contribution in [0, 0.1) is 0 Å². The van der Waals surface area contributed by atoms with Gasteiger partial charge in [0, 0.05) is 20.8 Å². The number of hydrogen-bond acceptors (Lipinski definition) is 2. The van der Waals surface area contributed by atoms with Crippen molar-refractivity contribution >= 4 is 27.3 Å². The van der Waals surface area contributed by atoms with Crippen molar-refractivity contribution in [2.24, 2.45) is 0 Å². The molecule has 0 aliphatic rings. The van der Waals surface area contributed by atoms with Crippen LogP contribution in [0.1, 0.15) is 18.2 Å². The van der Waals surface area contributed by atoms with Crippen molar-refractivity contribution in [3.05, 3.63) is 33.5 Å². The fourth-order valence-electron chi connectivity index (χ4n) is 1.43. The number of thiophene rings is 1. The molecule has 1 rings (SSSR count). The molecule has 0 saturated heterocycles. The summed E-state index contributed by atoms with van der Waals surface area (Å²) >= 11 is 5.28. The third-order valence-electron chi connectivity index (χ3n) is 2.01. The molecule has 0 radical (unpaired) electrons. The van der Waals surface area contributed by atoms with Crippen molar-refractivity contribution in [3.8, 4) is 0 Å². The first-order chi connectivity index (χ1) is 6.76. The van der Waals surface area contributed by atoms with Crippen LogP contribution in [0.25, 0.3) is 0 Å². The maximum absolute atomic E-state index is 3.78. The average molecular weight is 274 g/mol. The molecule has 1 nitrogen and oxygen atoms in total. The lowest BCUT2D eigenvalue weighted by atomic mass is 10.1. The molecule has 1 N–H and O–H groups in total. The molecule has 0 bridgehead atoms. The smallest absolute Gasteiger partial charge is 0.0285 e. The number of halogens is 1. The molecule has 0 aromatic carbocycles. The van der Waals surface area contributed by atoms with Crippen LogP contribution in [-0.4, -0.2) is 12.6 Å². The molecule has 0 spiro atoms. The molecule has 1 heterocycles. The van der Waals surface area contributed by atoms with Gasteiger partial charge in [0.25, 0.3) is 0 Å². The third kappa shape index (κ3) is 3.95. The predicted octanol–water partition coefficient (Wildman–Crippen LogP) is 3.61. The van der Waals surface area contributed by atoms with Crippen molar-refractivity contribution in [2.45, 2.75) is 25.8 Å². The first kappa shape index (κ1) is 12.0. The molecule has 1 atom stereocenters. The van der Waals surface area contributed by atoms with E-state index in [1.807, 2.05) is 17.4 Å². The molecular weight excluding hydrogens is 258 g/mol. The minimum Gasteiger partial charge on any atom is -0.314 e. The van der Waals surface area contributed by atoms with Gasteiger partial charge in [-0.3, -0.25) is 0 Å². The Labute approximate surface area is 98.4 Å². The van der Waals surface area contributed by atoms with E-state index in [9.17, 15) is 0 Å². The molecule has 0 aliphatic heterocycles. The standard InChI is InChI=1S/C11H16BrNS/c1-3-5-10(13-4-2)7-11-6-9(12)8-14-11/h3,6,8,10,13H,1,4-5,7H2,2H3. The zero-order chi connectivity index (χ0) is 10.4. The topological polar surface area (TPSA) is 12.0 Å². The molecule has 78 valence electrons.